The molecule has 0 aromatic heterocycles. The van der Waals surface area contributed by atoms with Gasteiger partial charge in [0.2, 0.25) is 0 Å². The third-order valence-electron chi connectivity index (χ3n) is 3.23. The minimum atomic E-state index is 0.825. The molecule has 0 aliphatic heterocycles. The summed E-state index contributed by atoms with van der Waals surface area (Å²) in [7, 11) is 0. The van der Waals surface area contributed by atoms with E-state index < -0.39 is 0 Å². The molecule has 0 amide bonds. The van der Waals surface area contributed by atoms with Crippen LogP contribution in [0.5, 0.6) is 5.75 Å². The Balaban J connectivity index is 2.13. The topological polar surface area (TPSA) is 21.3 Å². The first kappa shape index (κ1) is 16.0. The molecule has 1 aromatic rings. The molecule has 108 valence electrons. The van der Waals surface area contributed by atoms with Gasteiger partial charge in [0.1, 0.15) is 5.75 Å². The molecule has 0 unspecified atom stereocenters. The van der Waals surface area contributed by atoms with Crippen LogP contribution in [0.4, 0.5) is 0 Å². The molecule has 2 heteroatoms. The van der Waals surface area contributed by atoms with E-state index in [0.717, 1.165) is 31.9 Å². The van der Waals surface area contributed by atoms with Crippen LogP contribution < -0.4 is 10.1 Å². The highest BCUT2D eigenvalue weighted by Crippen LogP contribution is 2.12. The van der Waals surface area contributed by atoms with Crippen molar-refractivity contribution in [2.24, 2.45) is 0 Å². The second-order valence-corrected chi connectivity index (χ2v) is 5.08. The summed E-state index contributed by atoms with van der Waals surface area (Å²) in [6.07, 6.45) is 7.59. The summed E-state index contributed by atoms with van der Waals surface area (Å²) in [4.78, 5) is 0. The number of nitrogens with one attached hydrogen (secondary N) is 1. The predicted molar refractivity (Wildman–Crippen MR) is 82.7 cm³/mol. The van der Waals surface area contributed by atoms with Crippen molar-refractivity contribution < 1.29 is 4.74 Å². The van der Waals surface area contributed by atoms with Gasteiger partial charge in [-0.1, -0.05) is 51.7 Å². The second-order valence-electron chi connectivity index (χ2n) is 5.08. The first-order chi connectivity index (χ1) is 9.36. The van der Waals surface area contributed by atoms with Crippen molar-refractivity contribution in [1.82, 2.24) is 5.32 Å². The molecule has 1 aromatic carbocycles. The van der Waals surface area contributed by atoms with E-state index in [4.69, 9.17) is 4.74 Å². The lowest BCUT2D eigenvalue weighted by Crippen LogP contribution is -2.14. The van der Waals surface area contributed by atoms with Crippen LogP contribution in [0.15, 0.2) is 24.3 Å². The molecule has 0 atom stereocenters. The molecular weight excluding hydrogens is 234 g/mol. The van der Waals surface area contributed by atoms with Crippen molar-refractivity contribution in [1.29, 1.82) is 0 Å². The molecule has 0 saturated carbocycles. The van der Waals surface area contributed by atoms with E-state index in [1.165, 1.54) is 37.7 Å². The molecule has 0 bridgehead atoms. The van der Waals surface area contributed by atoms with Gasteiger partial charge in [0.05, 0.1) is 6.61 Å². The molecule has 2 nitrogen and oxygen atoms in total. The Morgan fingerprint density at radius 2 is 1.63 bits per heavy atom. The van der Waals surface area contributed by atoms with Crippen LogP contribution in [-0.2, 0) is 6.54 Å². The summed E-state index contributed by atoms with van der Waals surface area (Å²) >= 11 is 0. The van der Waals surface area contributed by atoms with E-state index in [0.29, 0.717) is 0 Å². The zero-order valence-corrected chi connectivity index (χ0v) is 12.6. The fraction of sp³-hybridized carbons (Fsp3) is 0.647. The lowest BCUT2D eigenvalue weighted by atomic mass is 10.2. The first-order valence-electron chi connectivity index (χ1n) is 7.79. The molecule has 0 radical (unpaired) electrons. The van der Waals surface area contributed by atoms with Crippen LogP contribution in [-0.4, -0.2) is 13.2 Å². The largest absolute Gasteiger partial charge is 0.494 e. The lowest BCUT2D eigenvalue weighted by Gasteiger charge is -2.07. The summed E-state index contributed by atoms with van der Waals surface area (Å²) in [5, 5.41) is 3.49. The molecule has 1 N–H and O–H groups in total. The van der Waals surface area contributed by atoms with E-state index >= 15 is 0 Å². The van der Waals surface area contributed by atoms with Gasteiger partial charge in [-0.15, -0.1) is 0 Å². The van der Waals surface area contributed by atoms with Gasteiger partial charge >= 0.3 is 0 Å². The molecule has 0 spiro atoms. The molecule has 1 rings (SSSR count). The van der Waals surface area contributed by atoms with Gasteiger partial charge in [-0.25, -0.2) is 0 Å². The van der Waals surface area contributed by atoms with Gasteiger partial charge in [-0.2, -0.15) is 0 Å². The average molecular weight is 263 g/mol. The number of ether oxygens (including phenoxy) is 1. The smallest absolute Gasteiger partial charge is 0.119 e. The van der Waals surface area contributed by atoms with Gasteiger partial charge in [-0.3, -0.25) is 0 Å². The molecule has 19 heavy (non-hydrogen) atoms. The van der Waals surface area contributed by atoms with E-state index in [9.17, 15) is 0 Å². The highest BCUT2D eigenvalue weighted by molar-refractivity contribution is 5.27. The molecule has 0 fully saturated rings. The molecular formula is C17H29NO. The average Bonchev–Trinajstić information content (AvgIpc) is 2.44. The lowest BCUT2D eigenvalue weighted by molar-refractivity contribution is 0.309. The molecule has 0 saturated heterocycles. The predicted octanol–water partition coefficient (Wildman–Crippen LogP) is 4.54. The Hall–Kier alpha value is -1.02. The minimum Gasteiger partial charge on any atom is -0.494 e. The van der Waals surface area contributed by atoms with Gasteiger partial charge in [-0.05, 0) is 37.1 Å². The van der Waals surface area contributed by atoms with Crippen LogP contribution in [0.1, 0.15) is 57.9 Å². The van der Waals surface area contributed by atoms with Crippen molar-refractivity contribution in [3.63, 3.8) is 0 Å². The van der Waals surface area contributed by atoms with Crippen molar-refractivity contribution in [2.45, 2.75) is 58.9 Å². The standard InChI is InChI=1S/C17H29NO/c1-3-5-7-8-13-18-15-16-9-11-17(12-10-16)19-14-6-4-2/h9-12,18H,3-8,13-15H2,1-2H3. The molecule has 0 aliphatic carbocycles. The fourth-order valence-corrected chi connectivity index (χ4v) is 1.95. The number of hydrogen-bond donors (Lipinski definition) is 1. The zero-order valence-electron chi connectivity index (χ0n) is 12.6. The highest BCUT2D eigenvalue weighted by atomic mass is 16.5. The summed E-state index contributed by atoms with van der Waals surface area (Å²) in [5.74, 6) is 0.986. The summed E-state index contributed by atoms with van der Waals surface area (Å²) < 4.78 is 5.65. The van der Waals surface area contributed by atoms with Crippen LogP contribution in [0, 0.1) is 0 Å². The Morgan fingerprint density at radius 3 is 2.32 bits per heavy atom. The maximum atomic E-state index is 5.65. The maximum Gasteiger partial charge on any atom is 0.119 e. The van der Waals surface area contributed by atoms with Gasteiger partial charge < -0.3 is 10.1 Å². The maximum absolute atomic E-state index is 5.65. The third kappa shape index (κ3) is 7.89. The molecule has 0 aliphatic rings. The van der Waals surface area contributed by atoms with Crippen LogP contribution in [0.3, 0.4) is 0 Å². The Kier molecular flexibility index (Phi) is 9.17. The van der Waals surface area contributed by atoms with Crippen molar-refractivity contribution in [3.05, 3.63) is 29.8 Å². The Bertz CT molecular complexity index is 308. The van der Waals surface area contributed by atoms with Crippen LogP contribution >= 0.6 is 0 Å². The van der Waals surface area contributed by atoms with E-state index in [2.05, 4.69) is 43.4 Å². The zero-order chi connectivity index (χ0) is 13.8. The van der Waals surface area contributed by atoms with Gasteiger partial charge in [0, 0.05) is 6.54 Å². The summed E-state index contributed by atoms with van der Waals surface area (Å²) in [6, 6.07) is 8.45. The van der Waals surface area contributed by atoms with E-state index in [1.54, 1.807) is 0 Å². The first-order valence-corrected chi connectivity index (χ1v) is 7.79. The third-order valence-corrected chi connectivity index (χ3v) is 3.23. The number of hydrogen-bond acceptors (Lipinski definition) is 2. The fourth-order valence-electron chi connectivity index (χ4n) is 1.95. The van der Waals surface area contributed by atoms with Crippen molar-refractivity contribution in [3.8, 4) is 5.75 Å². The minimum absolute atomic E-state index is 0.825. The number of rotatable bonds is 11. The van der Waals surface area contributed by atoms with Crippen LogP contribution in [0.25, 0.3) is 0 Å². The van der Waals surface area contributed by atoms with E-state index in [1.807, 2.05) is 0 Å². The SMILES string of the molecule is CCCCCCNCc1ccc(OCCCC)cc1. The van der Waals surface area contributed by atoms with E-state index in [-0.39, 0.29) is 0 Å². The highest BCUT2D eigenvalue weighted by Gasteiger charge is 1.96. The van der Waals surface area contributed by atoms with Crippen molar-refractivity contribution >= 4 is 0 Å². The van der Waals surface area contributed by atoms with Crippen LogP contribution in [0.2, 0.25) is 0 Å². The summed E-state index contributed by atoms with van der Waals surface area (Å²) in [6.45, 7) is 7.33. The summed E-state index contributed by atoms with van der Waals surface area (Å²) in [5.41, 5.74) is 1.33. The second kappa shape index (κ2) is 10.9. The quantitative estimate of drug-likeness (QED) is 0.592. The normalized spacial score (nSPS) is 10.6. The number of benzene rings is 1. The Labute approximate surface area is 118 Å². The Morgan fingerprint density at radius 1 is 0.895 bits per heavy atom. The van der Waals surface area contributed by atoms with Gasteiger partial charge in [0.15, 0.2) is 0 Å². The number of unbranched alkanes of at least 4 members (excludes halogenated alkanes) is 4. The molecule has 0 heterocycles. The van der Waals surface area contributed by atoms with Crippen molar-refractivity contribution in [2.75, 3.05) is 13.2 Å². The van der Waals surface area contributed by atoms with Gasteiger partial charge in [0.25, 0.3) is 0 Å². The monoisotopic (exact) mass is 263 g/mol.